The van der Waals surface area contributed by atoms with Gasteiger partial charge >= 0.3 is 0 Å². The third-order valence-corrected chi connectivity index (χ3v) is 2.18. The number of ether oxygens (including phenoxy) is 1. The fourth-order valence-corrected chi connectivity index (χ4v) is 1.32. The van der Waals surface area contributed by atoms with E-state index >= 15 is 0 Å². The number of carbonyl (C=O) groups is 1. The van der Waals surface area contributed by atoms with E-state index in [4.69, 9.17) is 4.74 Å². The summed E-state index contributed by atoms with van der Waals surface area (Å²) in [5.74, 6) is 0.871. The molecule has 0 spiro atoms. The van der Waals surface area contributed by atoms with E-state index < -0.39 is 0 Å². The first-order chi connectivity index (χ1) is 7.30. The van der Waals surface area contributed by atoms with Crippen LogP contribution in [-0.2, 0) is 11.3 Å². The van der Waals surface area contributed by atoms with Gasteiger partial charge < -0.3 is 9.64 Å². The Kier molecular flexibility index (Phi) is 4.68. The summed E-state index contributed by atoms with van der Waals surface area (Å²) in [7, 11) is 0. The molecule has 82 valence electrons. The maximum Gasteiger partial charge on any atom is 0.209 e. The van der Waals surface area contributed by atoms with E-state index in [1.165, 1.54) is 0 Å². The van der Waals surface area contributed by atoms with E-state index in [1.54, 1.807) is 4.90 Å². The lowest BCUT2D eigenvalue weighted by molar-refractivity contribution is -0.118. The van der Waals surface area contributed by atoms with Crippen LogP contribution in [0.25, 0.3) is 0 Å². The Morgan fingerprint density at radius 1 is 1.27 bits per heavy atom. The van der Waals surface area contributed by atoms with E-state index in [0.29, 0.717) is 13.2 Å². The molecule has 0 aliphatic heterocycles. The summed E-state index contributed by atoms with van der Waals surface area (Å²) in [6, 6.07) is 7.82. The highest BCUT2D eigenvalue weighted by Crippen LogP contribution is 2.13. The van der Waals surface area contributed by atoms with E-state index in [-0.39, 0.29) is 0 Å². The van der Waals surface area contributed by atoms with E-state index in [1.807, 2.05) is 38.1 Å². The van der Waals surface area contributed by atoms with Gasteiger partial charge in [0.25, 0.3) is 0 Å². The molecule has 0 radical (unpaired) electrons. The molecule has 0 aliphatic carbocycles. The molecule has 15 heavy (non-hydrogen) atoms. The van der Waals surface area contributed by atoms with Gasteiger partial charge in [-0.05, 0) is 31.5 Å². The lowest BCUT2D eigenvalue weighted by Gasteiger charge is -2.14. The van der Waals surface area contributed by atoms with Gasteiger partial charge in [-0.3, -0.25) is 4.79 Å². The third kappa shape index (κ3) is 3.62. The molecule has 0 aliphatic rings. The Bertz CT molecular complexity index is 295. The molecule has 0 heterocycles. The minimum atomic E-state index is 0.659. The Morgan fingerprint density at radius 3 is 2.40 bits per heavy atom. The number of nitrogens with zero attached hydrogens (tertiary/aromatic N) is 1. The highest BCUT2D eigenvalue weighted by atomic mass is 16.5. The van der Waals surface area contributed by atoms with Crippen LogP contribution in [0.4, 0.5) is 0 Å². The average Bonchev–Trinajstić information content (AvgIpc) is 2.28. The van der Waals surface area contributed by atoms with Crippen LogP contribution in [-0.4, -0.2) is 24.5 Å². The predicted molar refractivity (Wildman–Crippen MR) is 59.8 cm³/mol. The summed E-state index contributed by atoms with van der Waals surface area (Å²) in [5.41, 5.74) is 1.12. The molecule has 1 rings (SSSR count). The predicted octanol–water partition coefficient (Wildman–Crippen LogP) is 2.06. The van der Waals surface area contributed by atoms with Crippen molar-refractivity contribution in [1.29, 1.82) is 0 Å². The highest BCUT2D eigenvalue weighted by Gasteiger charge is 2.00. The first-order valence-electron chi connectivity index (χ1n) is 5.21. The topological polar surface area (TPSA) is 29.5 Å². The van der Waals surface area contributed by atoms with Crippen LogP contribution in [0.5, 0.6) is 5.75 Å². The van der Waals surface area contributed by atoms with Gasteiger partial charge in [0.15, 0.2) is 0 Å². The second-order valence-corrected chi connectivity index (χ2v) is 3.25. The fraction of sp³-hybridized carbons (Fsp3) is 0.417. The number of carbonyl (C=O) groups excluding carboxylic acids is 1. The molecule has 0 aromatic heterocycles. The molecule has 0 atom stereocenters. The summed E-state index contributed by atoms with van der Waals surface area (Å²) < 4.78 is 5.34. The van der Waals surface area contributed by atoms with Crippen molar-refractivity contribution in [3.05, 3.63) is 29.8 Å². The van der Waals surface area contributed by atoms with Gasteiger partial charge in [0.1, 0.15) is 5.75 Å². The lowest BCUT2D eigenvalue weighted by Crippen LogP contribution is -2.20. The Balaban J connectivity index is 2.59. The van der Waals surface area contributed by atoms with Gasteiger partial charge in [0, 0.05) is 13.1 Å². The molecule has 1 aromatic rings. The zero-order chi connectivity index (χ0) is 11.1. The van der Waals surface area contributed by atoms with E-state index in [9.17, 15) is 4.79 Å². The van der Waals surface area contributed by atoms with Crippen molar-refractivity contribution >= 4 is 6.41 Å². The highest BCUT2D eigenvalue weighted by molar-refractivity contribution is 5.47. The van der Waals surface area contributed by atoms with Crippen LogP contribution < -0.4 is 4.74 Å². The molecule has 1 aromatic carbocycles. The molecule has 0 unspecified atom stereocenters. The van der Waals surface area contributed by atoms with Crippen molar-refractivity contribution in [2.75, 3.05) is 13.2 Å². The zero-order valence-electron chi connectivity index (χ0n) is 9.27. The van der Waals surface area contributed by atoms with Gasteiger partial charge in [-0.1, -0.05) is 12.1 Å². The van der Waals surface area contributed by atoms with E-state index in [0.717, 1.165) is 24.3 Å². The summed E-state index contributed by atoms with van der Waals surface area (Å²) in [6.45, 7) is 5.99. The van der Waals surface area contributed by atoms with Gasteiger partial charge in [-0.25, -0.2) is 0 Å². The monoisotopic (exact) mass is 207 g/mol. The first-order valence-corrected chi connectivity index (χ1v) is 5.21. The van der Waals surface area contributed by atoms with Crippen LogP contribution in [0.1, 0.15) is 19.4 Å². The minimum absolute atomic E-state index is 0.659. The molecular formula is C12H17NO2. The Morgan fingerprint density at radius 2 is 1.93 bits per heavy atom. The first kappa shape index (κ1) is 11.6. The van der Waals surface area contributed by atoms with Gasteiger partial charge in [0.05, 0.1) is 6.61 Å². The zero-order valence-corrected chi connectivity index (χ0v) is 9.27. The molecule has 0 saturated heterocycles. The maximum atomic E-state index is 10.6. The average molecular weight is 207 g/mol. The van der Waals surface area contributed by atoms with Gasteiger partial charge in [-0.15, -0.1) is 0 Å². The quantitative estimate of drug-likeness (QED) is 0.668. The molecule has 0 fully saturated rings. The third-order valence-electron chi connectivity index (χ3n) is 2.18. The van der Waals surface area contributed by atoms with Crippen LogP contribution in [0, 0.1) is 0 Å². The Labute approximate surface area is 90.7 Å². The van der Waals surface area contributed by atoms with Crippen LogP contribution >= 0.6 is 0 Å². The molecule has 0 N–H and O–H groups in total. The van der Waals surface area contributed by atoms with Crippen molar-refractivity contribution in [3.8, 4) is 5.75 Å². The molecule has 1 amide bonds. The van der Waals surface area contributed by atoms with Crippen LogP contribution in [0.3, 0.4) is 0 Å². The number of amides is 1. The molecule has 0 bridgehead atoms. The Hall–Kier alpha value is -1.51. The second kappa shape index (κ2) is 6.06. The van der Waals surface area contributed by atoms with Gasteiger partial charge in [-0.2, -0.15) is 0 Å². The van der Waals surface area contributed by atoms with Crippen LogP contribution in [0.2, 0.25) is 0 Å². The molecule has 3 nitrogen and oxygen atoms in total. The fourth-order valence-electron chi connectivity index (χ4n) is 1.32. The summed E-state index contributed by atoms with van der Waals surface area (Å²) in [6.07, 6.45) is 0.871. The van der Waals surface area contributed by atoms with Crippen molar-refractivity contribution < 1.29 is 9.53 Å². The lowest BCUT2D eigenvalue weighted by atomic mass is 10.2. The number of hydrogen-bond acceptors (Lipinski definition) is 2. The van der Waals surface area contributed by atoms with E-state index in [2.05, 4.69) is 0 Å². The minimum Gasteiger partial charge on any atom is -0.494 e. The smallest absolute Gasteiger partial charge is 0.209 e. The van der Waals surface area contributed by atoms with Gasteiger partial charge in [0.2, 0.25) is 6.41 Å². The maximum absolute atomic E-state index is 10.6. The van der Waals surface area contributed by atoms with Crippen molar-refractivity contribution in [2.24, 2.45) is 0 Å². The van der Waals surface area contributed by atoms with Crippen LogP contribution in [0.15, 0.2) is 24.3 Å². The summed E-state index contributed by atoms with van der Waals surface area (Å²) in [4.78, 5) is 12.3. The molecular weight excluding hydrogens is 190 g/mol. The molecule has 3 heteroatoms. The van der Waals surface area contributed by atoms with Crippen molar-refractivity contribution in [2.45, 2.75) is 20.4 Å². The number of hydrogen-bond donors (Lipinski definition) is 0. The summed E-state index contributed by atoms with van der Waals surface area (Å²) in [5, 5.41) is 0. The summed E-state index contributed by atoms with van der Waals surface area (Å²) >= 11 is 0. The number of rotatable bonds is 6. The second-order valence-electron chi connectivity index (χ2n) is 3.25. The standard InChI is InChI=1S/C12H17NO2/c1-3-13(10-14)9-11-5-7-12(8-6-11)15-4-2/h5-8,10H,3-4,9H2,1-2H3. The largest absolute Gasteiger partial charge is 0.494 e. The normalized spacial score (nSPS) is 9.73. The van der Waals surface area contributed by atoms with Crippen molar-refractivity contribution in [1.82, 2.24) is 4.90 Å². The molecule has 0 saturated carbocycles. The number of benzene rings is 1. The SMILES string of the molecule is CCOc1ccc(CN(C=O)CC)cc1. The van der Waals surface area contributed by atoms with Crippen molar-refractivity contribution in [3.63, 3.8) is 0 Å².